The van der Waals surface area contributed by atoms with E-state index in [-0.39, 0.29) is 17.6 Å². The van der Waals surface area contributed by atoms with Gasteiger partial charge in [0.15, 0.2) is 0 Å². The van der Waals surface area contributed by atoms with Crippen LogP contribution in [0.4, 0.5) is 0 Å². The molecule has 1 saturated heterocycles. The van der Waals surface area contributed by atoms with Gasteiger partial charge in [0, 0.05) is 17.9 Å². The van der Waals surface area contributed by atoms with Crippen LogP contribution in [0.3, 0.4) is 0 Å². The fourth-order valence-electron chi connectivity index (χ4n) is 2.74. The van der Waals surface area contributed by atoms with Gasteiger partial charge in [0.25, 0.3) is 5.56 Å². The lowest BCUT2D eigenvalue weighted by molar-refractivity contribution is 0.168. The van der Waals surface area contributed by atoms with E-state index in [9.17, 15) is 4.79 Å². The van der Waals surface area contributed by atoms with Crippen molar-refractivity contribution in [3.8, 4) is 0 Å². The molecule has 4 N–H and O–H groups in total. The van der Waals surface area contributed by atoms with E-state index in [0.717, 1.165) is 36.0 Å². The number of nitrogens with zero attached hydrogens (tertiary/aromatic N) is 1. The molecule has 0 amide bonds. The van der Waals surface area contributed by atoms with Crippen molar-refractivity contribution in [3.05, 3.63) is 34.4 Å². The van der Waals surface area contributed by atoms with Crippen molar-refractivity contribution in [2.24, 2.45) is 5.73 Å². The highest BCUT2D eigenvalue weighted by Crippen LogP contribution is 2.29. The number of fused-ring (bicyclic) bond motifs is 1. The van der Waals surface area contributed by atoms with Gasteiger partial charge < -0.3 is 15.7 Å². The third-order valence-corrected chi connectivity index (χ3v) is 3.85. The summed E-state index contributed by atoms with van der Waals surface area (Å²) in [5, 5.41) is 0.722. The minimum absolute atomic E-state index is 0.0437. The largest absolute Gasteiger partial charge is 0.357 e. The second-order valence-corrected chi connectivity index (χ2v) is 5.14. The van der Waals surface area contributed by atoms with Gasteiger partial charge in [-0.3, -0.25) is 9.69 Å². The van der Waals surface area contributed by atoms with E-state index in [4.69, 9.17) is 5.73 Å². The average Bonchev–Trinajstić information content (AvgIpc) is 2.77. The number of nitrogens with one attached hydrogen (secondary N) is 2. The van der Waals surface area contributed by atoms with Crippen molar-refractivity contribution in [2.45, 2.75) is 24.9 Å². The number of pyridine rings is 1. The van der Waals surface area contributed by atoms with E-state index in [0.29, 0.717) is 0 Å². The summed E-state index contributed by atoms with van der Waals surface area (Å²) < 4.78 is 0. The highest BCUT2D eigenvalue weighted by molar-refractivity contribution is 5.79. The Morgan fingerprint density at radius 2 is 2.33 bits per heavy atom. The van der Waals surface area contributed by atoms with Gasteiger partial charge in [-0.25, -0.2) is 0 Å². The molecular formula is C13H18N4O. The quantitative estimate of drug-likeness (QED) is 0.701. The first kappa shape index (κ1) is 11.5. The first-order chi connectivity index (χ1) is 8.65. The SMILES string of the molecule is CN1CCC(N)CC1c1cc2c(=O)[nH]ccc2[nH]1. The molecule has 18 heavy (non-hydrogen) atoms. The molecule has 0 spiro atoms. The van der Waals surface area contributed by atoms with E-state index in [1.165, 1.54) is 0 Å². The lowest BCUT2D eigenvalue weighted by Gasteiger charge is -2.35. The molecule has 2 aromatic heterocycles. The van der Waals surface area contributed by atoms with Crippen LogP contribution in [0.1, 0.15) is 24.6 Å². The molecule has 0 aromatic carbocycles. The maximum atomic E-state index is 11.7. The molecule has 5 nitrogen and oxygen atoms in total. The van der Waals surface area contributed by atoms with Crippen molar-refractivity contribution in [3.63, 3.8) is 0 Å². The van der Waals surface area contributed by atoms with Crippen LogP contribution < -0.4 is 11.3 Å². The summed E-state index contributed by atoms with van der Waals surface area (Å²) in [5.74, 6) is 0. The molecule has 1 aliphatic rings. The van der Waals surface area contributed by atoms with Crippen LogP contribution >= 0.6 is 0 Å². The number of hydrogen-bond acceptors (Lipinski definition) is 3. The van der Waals surface area contributed by atoms with E-state index in [2.05, 4.69) is 21.9 Å². The van der Waals surface area contributed by atoms with Crippen molar-refractivity contribution in [1.29, 1.82) is 0 Å². The third kappa shape index (κ3) is 1.85. The zero-order chi connectivity index (χ0) is 12.7. The molecule has 1 aliphatic heterocycles. The molecule has 5 heteroatoms. The lowest BCUT2D eigenvalue weighted by Crippen LogP contribution is -2.40. The van der Waals surface area contributed by atoms with Crippen molar-refractivity contribution in [1.82, 2.24) is 14.9 Å². The molecule has 1 fully saturated rings. The summed E-state index contributed by atoms with van der Waals surface area (Å²) in [4.78, 5) is 20.0. The number of hydrogen-bond donors (Lipinski definition) is 3. The van der Waals surface area contributed by atoms with Crippen molar-refractivity contribution >= 4 is 10.9 Å². The number of aromatic amines is 2. The Hall–Kier alpha value is -1.59. The molecule has 2 unspecified atom stereocenters. The normalized spacial score (nSPS) is 25.7. The fourth-order valence-corrected chi connectivity index (χ4v) is 2.74. The molecule has 0 saturated carbocycles. The maximum absolute atomic E-state index is 11.7. The second kappa shape index (κ2) is 4.26. The molecule has 2 aromatic rings. The maximum Gasteiger partial charge on any atom is 0.257 e. The van der Waals surface area contributed by atoms with Gasteiger partial charge in [-0.1, -0.05) is 0 Å². The minimum Gasteiger partial charge on any atom is -0.357 e. The summed E-state index contributed by atoms with van der Waals surface area (Å²) in [6.45, 7) is 0.998. The van der Waals surface area contributed by atoms with Crippen LogP contribution in [0.25, 0.3) is 10.9 Å². The third-order valence-electron chi connectivity index (χ3n) is 3.85. The summed E-state index contributed by atoms with van der Waals surface area (Å²) in [7, 11) is 2.10. The topological polar surface area (TPSA) is 77.9 Å². The summed E-state index contributed by atoms with van der Waals surface area (Å²) in [6.07, 6.45) is 3.64. The Kier molecular flexibility index (Phi) is 2.72. The minimum atomic E-state index is -0.0437. The van der Waals surface area contributed by atoms with Crippen LogP contribution in [0, 0.1) is 0 Å². The summed E-state index contributed by atoms with van der Waals surface area (Å²) >= 11 is 0. The molecule has 3 heterocycles. The predicted molar refractivity (Wildman–Crippen MR) is 71.5 cm³/mol. The van der Waals surface area contributed by atoms with E-state index in [1.54, 1.807) is 6.20 Å². The Bertz CT molecular complexity index is 615. The van der Waals surface area contributed by atoms with E-state index in [1.807, 2.05) is 12.1 Å². The van der Waals surface area contributed by atoms with Gasteiger partial charge in [-0.05, 0) is 38.6 Å². The van der Waals surface area contributed by atoms with Gasteiger partial charge in [0.05, 0.1) is 16.9 Å². The zero-order valence-electron chi connectivity index (χ0n) is 10.4. The molecule has 0 aliphatic carbocycles. The second-order valence-electron chi connectivity index (χ2n) is 5.14. The number of H-pyrrole nitrogens is 2. The Morgan fingerprint density at radius 1 is 1.50 bits per heavy atom. The van der Waals surface area contributed by atoms with Crippen LogP contribution in [-0.4, -0.2) is 34.5 Å². The standard InChI is InChI=1S/C13H18N4O/c1-17-5-3-8(14)6-12(17)11-7-9-10(16-11)2-4-15-13(9)18/h2,4,7-8,12,16H,3,5-6,14H2,1H3,(H,15,18). The molecule has 2 atom stereocenters. The van der Waals surface area contributed by atoms with Gasteiger partial charge in [-0.15, -0.1) is 0 Å². The first-order valence-electron chi connectivity index (χ1n) is 6.31. The summed E-state index contributed by atoms with van der Waals surface area (Å²) in [5.41, 5.74) is 7.97. The highest BCUT2D eigenvalue weighted by Gasteiger charge is 2.26. The van der Waals surface area contributed by atoms with Crippen LogP contribution in [0.15, 0.2) is 23.1 Å². The smallest absolute Gasteiger partial charge is 0.257 e. The number of nitrogens with two attached hydrogens (primary N) is 1. The Morgan fingerprint density at radius 3 is 3.11 bits per heavy atom. The van der Waals surface area contributed by atoms with E-state index < -0.39 is 0 Å². The Labute approximate surface area is 105 Å². The van der Waals surface area contributed by atoms with Crippen LogP contribution in [-0.2, 0) is 0 Å². The molecule has 96 valence electrons. The van der Waals surface area contributed by atoms with Gasteiger partial charge in [0.2, 0.25) is 0 Å². The Balaban J connectivity index is 2.03. The lowest BCUT2D eigenvalue weighted by atomic mass is 9.96. The van der Waals surface area contributed by atoms with Crippen molar-refractivity contribution < 1.29 is 0 Å². The van der Waals surface area contributed by atoms with Crippen LogP contribution in [0.5, 0.6) is 0 Å². The van der Waals surface area contributed by atoms with Crippen LogP contribution in [0.2, 0.25) is 0 Å². The van der Waals surface area contributed by atoms with E-state index >= 15 is 0 Å². The van der Waals surface area contributed by atoms with Crippen molar-refractivity contribution in [2.75, 3.05) is 13.6 Å². The average molecular weight is 246 g/mol. The molecule has 0 radical (unpaired) electrons. The molecule has 3 rings (SSSR count). The highest BCUT2D eigenvalue weighted by atomic mass is 16.1. The number of piperidine rings is 1. The zero-order valence-corrected chi connectivity index (χ0v) is 10.4. The fraction of sp³-hybridized carbons (Fsp3) is 0.462. The number of aromatic nitrogens is 2. The first-order valence-corrected chi connectivity index (χ1v) is 6.31. The van der Waals surface area contributed by atoms with Gasteiger partial charge in [-0.2, -0.15) is 0 Å². The van der Waals surface area contributed by atoms with Gasteiger partial charge in [0.1, 0.15) is 0 Å². The monoisotopic (exact) mass is 246 g/mol. The van der Waals surface area contributed by atoms with Gasteiger partial charge >= 0.3 is 0 Å². The number of likely N-dealkylation sites (tertiary alicyclic amines) is 1. The summed E-state index contributed by atoms with van der Waals surface area (Å²) in [6, 6.07) is 4.37. The molecular weight excluding hydrogens is 228 g/mol. The predicted octanol–water partition coefficient (Wildman–Crippen LogP) is 0.950. The number of rotatable bonds is 1. The molecule has 0 bridgehead atoms.